The van der Waals surface area contributed by atoms with Gasteiger partial charge in [-0.3, -0.25) is 4.79 Å². The van der Waals surface area contributed by atoms with E-state index in [0.29, 0.717) is 17.1 Å². The number of nitrogens with one attached hydrogen (secondary N) is 1. The van der Waals surface area contributed by atoms with Crippen LogP contribution in [0.5, 0.6) is 0 Å². The Morgan fingerprint density at radius 2 is 1.60 bits per heavy atom. The van der Waals surface area contributed by atoms with Crippen LogP contribution in [0.15, 0.2) is 84.9 Å². The Kier molecular flexibility index (Phi) is 6.41. The molecule has 0 atom stereocenters. The molecule has 1 amide bonds. The molecular weight excluding hydrogens is 392 g/mol. The molecule has 150 valence electrons. The molecule has 1 heterocycles. The van der Waals surface area contributed by atoms with Gasteiger partial charge in [-0.25, -0.2) is 4.98 Å². The van der Waals surface area contributed by atoms with Crippen LogP contribution in [0.1, 0.15) is 28.8 Å². The Bertz CT molecular complexity index is 1140. The summed E-state index contributed by atoms with van der Waals surface area (Å²) >= 11 is 6.01. The Morgan fingerprint density at radius 3 is 2.40 bits per heavy atom. The van der Waals surface area contributed by atoms with E-state index in [1.54, 1.807) is 0 Å². The van der Waals surface area contributed by atoms with Gasteiger partial charge in [-0.05, 0) is 49.1 Å². The number of para-hydroxylation sites is 1. The van der Waals surface area contributed by atoms with Crippen LogP contribution in [0, 0.1) is 0 Å². The first kappa shape index (κ1) is 20.1. The number of nitrogens with zero attached hydrogens (tertiary/aromatic N) is 1. The highest BCUT2D eigenvalue weighted by molar-refractivity contribution is 6.30. The number of hydrogen-bond acceptors (Lipinski definition) is 2. The van der Waals surface area contributed by atoms with Gasteiger partial charge in [0.1, 0.15) is 0 Å². The second kappa shape index (κ2) is 9.55. The van der Waals surface area contributed by atoms with Gasteiger partial charge in [0, 0.05) is 22.5 Å². The van der Waals surface area contributed by atoms with Gasteiger partial charge in [-0.2, -0.15) is 0 Å². The first-order valence-corrected chi connectivity index (χ1v) is 10.6. The van der Waals surface area contributed by atoms with Crippen molar-refractivity contribution in [3.8, 4) is 11.3 Å². The molecular formula is C26H23ClN2O. The summed E-state index contributed by atoms with van der Waals surface area (Å²) in [7, 11) is 0. The number of rotatable bonds is 7. The number of unbranched alkanes of at least 4 members (excludes halogenated alkanes) is 1. The molecule has 3 nitrogen and oxygen atoms in total. The molecule has 4 aromatic rings. The largest absolute Gasteiger partial charge is 0.352 e. The minimum Gasteiger partial charge on any atom is -0.352 e. The number of benzene rings is 3. The molecule has 0 aliphatic rings. The van der Waals surface area contributed by atoms with E-state index in [1.807, 2.05) is 60.7 Å². The van der Waals surface area contributed by atoms with E-state index in [1.165, 1.54) is 5.56 Å². The number of fused-ring (bicyclic) bond motifs is 1. The van der Waals surface area contributed by atoms with E-state index in [9.17, 15) is 4.79 Å². The standard InChI is InChI=1S/C26H23ClN2O/c27-21-15-13-20(14-16-21)25-18-23(22-11-4-5-12-24(22)29-25)26(30)28-17-7-6-10-19-8-2-1-3-9-19/h1-5,8-9,11-16,18H,6-7,10,17H2,(H,28,30). The minimum absolute atomic E-state index is 0.0662. The molecule has 0 fully saturated rings. The second-order valence-corrected chi connectivity index (χ2v) is 7.71. The number of amides is 1. The van der Waals surface area contributed by atoms with Crippen molar-refractivity contribution >= 4 is 28.4 Å². The summed E-state index contributed by atoms with van der Waals surface area (Å²) in [6, 6.07) is 27.5. The van der Waals surface area contributed by atoms with Gasteiger partial charge in [0.15, 0.2) is 0 Å². The zero-order valence-corrected chi connectivity index (χ0v) is 17.4. The van der Waals surface area contributed by atoms with E-state index in [-0.39, 0.29) is 5.91 Å². The summed E-state index contributed by atoms with van der Waals surface area (Å²) in [4.78, 5) is 17.7. The highest BCUT2D eigenvalue weighted by atomic mass is 35.5. The molecule has 0 aliphatic carbocycles. The molecule has 0 bridgehead atoms. The molecule has 4 rings (SSSR count). The highest BCUT2D eigenvalue weighted by Gasteiger charge is 2.13. The van der Waals surface area contributed by atoms with Gasteiger partial charge in [-0.15, -0.1) is 0 Å². The normalized spacial score (nSPS) is 10.8. The van der Waals surface area contributed by atoms with E-state index in [2.05, 4.69) is 29.6 Å². The highest BCUT2D eigenvalue weighted by Crippen LogP contribution is 2.26. The van der Waals surface area contributed by atoms with Crippen molar-refractivity contribution in [3.63, 3.8) is 0 Å². The molecule has 0 spiro atoms. The van der Waals surface area contributed by atoms with E-state index < -0.39 is 0 Å². The predicted molar refractivity (Wildman–Crippen MR) is 124 cm³/mol. The lowest BCUT2D eigenvalue weighted by molar-refractivity contribution is 0.0954. The number of hydrogen-bond donors (Lipinski definition) is 1. The topological polar surface area (TPSA) is 42.0 Å². The maximum absolute atomic E-state index is 13.0. The number of halogens is 1. The summed E-state index contributed by atoms with van der Waals surface area (Å²) in [5.41, 5.74) is 4.48. The molecule has 0 radical (unpaired) electrons. The van der Waals surface area contributed by atoms with E-state index >= 15 is 0 Å². The number of carbonyl (C=O) groups excluding carboxylic acids is 1. The fourth-order valence-electron chi connectivity index (χ4n) is 3.53. The summed E-state index contributed by atoms with van der Waals surface area (Å²) < 4.78 is 0. The lowest BCUT2D eigenvalue weighted by atomic mass is 10.0. The van der Waals surface area contributed by atoms with Crippen LogP contribution in [0.3, 0.4) is 0 Å². The SMILES string of the molecule is O=C(NCCCCc1ccccc1)c1cc(-c2ccc(Cl)cc2)nc2ccccc12. The van der Waals surface area contributed by atoms with Crippen molar-refractivity contribution in [2.75, 3.05) is 6.54 Å². The zero-order valence-electron chi connectivity index (χ0n) is 16.6. The predicted octanol–water partition coefficient (Wildman–Crippen LogP) is 6.31. The number of carbonyl (C=O) groups is 1. The fourth-order valence-corrected chi connectivity index (χ4v) is 3.65. The Morgan fingerprint density at radius 1 is 0.867 bits per heavy atom. The maximum atomic E-state index is 13.0. The van der Waals surface area contributed by atoms with Crippen LogP contribution in [-0.4, -0.2) is 17.4 Å². The third-order valence-electron chi connectivity index (χ3n) is 5.12. The second-order valence-electron chi connectivity index (χ2n) is 7.28. The van der Waals surface area contributed by atoms with E-state index in [4.69, 9.17) is 16.6 Å². The molecule has 0 saturated carbocycles. The zero-order chi connectivity index (χ0) is 20.8. The number of pyridine rings is 1. The maximum Gasteiger partial charge on any atom is 0.252 e. The van der Waals surface area contributed by atoms with Crippen molar-refractivity contribution in [2.45, 2.75) is 19.3 Å². The molecule has 0 unspecified atom stereocenters. The summed E-state index contributed by atoms with van der Waals surface area (Å²) in [6.07, 6.45) is 3.00. The minimum atomic E-state index is -0.0662. The van der Waals surface area contributed by atoms with Crippen LogP contribution in [0.4, 0.5) is 0 Å². The van der Waals surface area contributed by atoms with Gasteiger partial charge in [0.2, 0.25) is 0 Å². The fraction of sp³-hybridized carbons (Fsp3) is 0.154. The van der Waals surface area contributed by atoms with Crippen molar-refractivity contribution in [1.29, 1.82) is 0 Å². The number of aromatic nitrogens is 1. The van der Waals surface area contributed by atoms with Crippen LogP contribution in [-0.2, 0) is 6.42 Å². The average molecular weight is 415 g/mol. The molecule has 0 saturated heterocycles. The van der Waals surface area contributed by atoms with Crippen molar-refractivity contribution in [3.05, 3.63) is 101 Å². The van der Waals surface area contributed by atoms with Crippen molar-refractivity contribution in [2.24, 2.45) is 0 Å². The third kappa shape index (κ3) is 4.87. The monoisotopic (exact) mass is 414 g/mol. The average Bonchev–Trinajstić information content (AvgIpc) is 2.79. The third-order valence-corrected chi connectivity index (χ3v) is 5.37. The summed E-state index contributed by atoms with van der Waals surface area (Å²) in [5, 5.41) is 4.61. The first-order chi connectivity index (χ1) is 14.7. The molecule has 30 heavy (non-hydrogen) atoms. The van der Waals surface area contributed by atoms with Crippen LogP contribution >= 0.6 is 11.6 Å². The molecule has 3 aromatic carbocycles. The first-order valence-electron chi connectivity index (χ1n) is 10.2. The lowest BCUT2D eigenvalue weighted by Gasteiger charge is -2.11. The van der Waals surface area contributed by atoms with Gasteiger partial charge in [0.25, 0.3) is 5.91 Å². The lowest BCUT2D eigenvalue weighted by Crippen LogP contribution is -2.25. The van der Waals surface area contributed by atoms with Gasteiger partial charge >= 0.3 is 0 Å². The molecule has 1 aromatic heterocycles. The summed E-state index contributed by atoms with van der Waals surface area (Å²) in [6.45, 7) is 0.651. The number of aryl methyl sites for hydroxylation is 1. The van der Waals surface area contributed by atoms with Gasteiger partial charge in [-0.1, -0.05) is 72.3 Å². The van der Waals surface area contributed by atoms with Crippen molar-refractivity contribution in [1.82, 2.24) is 10.3 Å². The molecule has 4 heteroatoms. The van der Waals surface area contributed by atoms with Crippen LogP contribution < -0.4 is 5.32 Å². The Labute approximate surface area is 181 Å². The molecule has 0 aliphatic heterocycles. The van der Waals surface area contributed by atoms with Crippen molar-refractivity contribution < 1.29 is 4.79 Å². The van der Waals surface area contributed by atoms with Crippen LogP contribution in [0.25, 0.3) is 22.2 Å². The Hall–Kier alpha value is -3.17. The summed E-state index contributed by atoms with van der Waals surface area (Å²) in [5.74, 6) is -0.0662. The molecule has 1 N–H and O–H groups in total. The smallest absolute Gasteiger partial charge is 0.252 e. The quantitative estimate of drug-likeness (QED) is 0.360. The van der Waals surface area contributed by atoms with Crippen LogP contribution in [0.2, 0.25) is 5.02 Å². The van der Waals surface area contributed by atoms with E-state index in [0.717, 1.165) is 41.4 Å². The Balaban J connectivity index is 1.47. The van der Waals surface area contributed by atoms with Gasteiger partial charge in [0.05, 0.1) is 16.8 Å². The van der Waals surface area contributed by atoms with Gasteiger partial charge < -0.3 is 5.32 Å².